The summed E-state index contributed by atoms with van der Waals surface area (Å²) in [5.74, 6) is 1.70. The lowest BCUT2D eigenvalue weighted by Crippen LogP contribution is -2.08. The molecule has 0 unspecified atom stereocenters. The Balaban J connectivity index is 2.46. The second-order valence-corrected chi connectivity index (χ2v) is 3.20. The largest absolute Gasteiger partial charge is 0.370 e. The van der Waals surface area contributed by atoms with E-state index in [1.165, 1.54) is 6.33 Å². The van der Waals surface area contributed by atoms with E-state index in [9.17, 15) is 4.79 Å². The van der Waals surface area contributed by atoms with Gasteiger partial charge in [0.15, 0.2) is 0 Å². The molecule has 0 bridgehead atoms. The fourth-order valence-corrected chi connectivity index (χ4v) is 1.10. The van der Waals surface area contributed by atoms with Crippen LogP contribution in [0, 0.1) is 0 Å². The van der Waals surface area contributed by atoms with E-state index in [4.69, 9.17) is 0 Å². The van der Waals surface area contributed by atoms with Gasteiger partial charge in [-0.1, -0.05) is 0 Å². The van der Waals surface area contributed by atoms with E-state index in [2.05, 4.69) is 20.6 Å². The van der Waals surface area contributed by atoms with Gasteiger partial charge in [-0.15, -0.1) is 0 Å². The molecule has 0 atom stereocenters. The molecule has 15 heavy (non-hydrogen) atoms. The normalized spacial score (nSPS) is 9.73. The Morgan fingerprint density at radius 3 is 2.60 bits per heavy atom. The maximum atomic E-state index is 10.7. The van der Waals surface area contributed by atoms with Gasteiger partial charge in [-0.2, -0.15) is 0 Å². The first-order valence-corrected chi connectivity index (χ1v) is 5.01. The first kappa shape index (κ1) is 11.4. The number of hydrogen-bond donors (Lipinski definition) is 2. The molecule has 0 aliphatic rings. The average Bonchev–Trinajstić information content (AvgIpc) is 2.18. The molecule has 1 heterocycles. The molecular formula is C10H16N4O. The van der Waals surface area contributed by atoms with E-state index in [0.29, 0.717) is 13.0 Å². The Morgan fingerprint density at radius 2 is 2.00 bits per heavy atom. The van der Waals surface area contributed by atoms with E-state index in [0.717, 1.165) is 18.2 Å². The minimum absolute atomic E-state index is 0.170. The number of anilines is 2. The van der Waals surface area contributed by atoms with Gasteiger partial charge in [0.2, 0.25) is 0 Å². The van der Waals surface area contributed by atoms with Gasteiger partial charge in [-0.25, -0.2) is 9.97 Å². The number of carbonyl (C=O) groups is 1. The highest BCUT2D eigenvalue weighted by molar-refractivity contribution is 5.75. The standard InChI is InChI=1S/C10H16N4O/c1-3-11-9-6-10(14-7-13-9)12-5-4-8(2)15/h6-7H,3-5H2,1-2H3,(H2,11,12,13,14). The van der Waals surface area contributed by atoms with Gasteiger partial charge in [0.05, 0.1) is 0 Å². The van der Waals surface area contributed by atoms with Crippen LogP contribution in [0.4, 0.5) is 11.6 Å². The molecule has 1 aromatic rings. The fraction of sp³-hybridized carbons (Fsp3) is 0.500. The third-order valence-corrected chi connectivity index (χ3v) is 1.81. The lowest BCUT2D eigenvalue weighted by Gasteiger charge is -2.06. The third kappa shape index (κ3) is 4.39. The Hall–Kier alpha value is -1.65. The van der Waals surface area contributed by atoms with Crippen molar-refractivity contribution in [1.29, 1.82) is 0 Å². The predicted octanol–water partition coefficient (Wildman–Crippen LogP) is 1.30. The molecule has 5 heteroatoms. The van der Waals surface area contributed by atoms with E-state index >= 15 is 0 Å². The van der Waals surface area contributed by atoms with Gasteiger partial charge >= 0.3 is 0 Å². The minimum Gasteiger partial charge on any atom is -0.370 e. The van der Waals surface area contributed by atoms with Gasteiger partial charge in [0.1, 0.15) is 23.7 Å². The molecule has 1 rings (SSSR count). The maximum Gasteiger partial charge on any atom is 0.131 e. The monoisotopic (exact) mass is 208 g/mol. The van der Waals surface area contributed by atoms with Crippen molar-refractivity contribution < 1.29 is 4.79 Å². The number of aromatic nitrogens is 2. The van der Waals surface area contributed by atoms with Gasteiger partial charge in [-0.3, -0.25) is 4.79 Å². The number of ketones is 1. The zero-order valence-corrected chi connectivity index (χ0v) is 9.08. The molecule has 0 spiro atoms. The second kappa shape index (κ2) is 5.95. The van der Waals surface area contributed by atoms with Crippen molar-refractivity contribution in [2.45, 2.75) is 20.3 Å². The summed E-state index contributed by atoms with van der Waals surface area (Å²) in [6.07, 6.45) is 2.01. The van der Waals surface area contributed by atoms with E-state index in [1.807, 2.05) is 13.0 Å². The molecule has 1 aromatic heterocycles. The Labute approximate surface area is 89.3 Å². The molecule has 0 aromatic carbocycles. The van der Waals surface area contributed by atoms with Crippen LogP contribution in [0.5, 0.6) is 0 Å². The third-order valence-electron chi connectivity index (χ3n) is 1.81. The summed E-state index contributed by atoms with van der Waals surface area (Å²) >= 11 is 0. The van der Waals surface area contributed by atoms with Crippen molar-refractivity contribution in [2.24, 2.45) is 0 Å². The fourth-order valence-electron chi connectivity index (χ4n) is 1.10. The van der Waals surface area contributed by atoms with Gasteiger partial charge in [-0.05, 0) is 13.8 Å². The van der Waals surface area contributed by atoms with Crippen molar-refractivity contribution in [2.75, 3.05) is 23.7 Å². The molecule has 82 valence electrons. The highest BCUT2D eigenvalue weighted by Crippen LogP contribution is 2.07. The molecule has 0 saturated carbocycles. The summed E-state index contributed by atoms with van der Waals surface area (Å²) in [5.41, 5.74) is 0. The summed E-state index contributed by atoms with van der Waals surface area (Å²) < 4.78 is 0. The van der Waals surface area contributed by atoms with Crippen LogP contribution in [0.25, 0.3) is 0 Å². The quantitative estimate of drug-likeness (QED) is 0.737. The highest BCUT2D eigenvalue weighted by Gasteiger charge is 1.97. The Bertz CT molecular complexity index is 327. The van der Waals surface area contributed by atoms with E-state index in [1.54, 1.807) is 6.92 Å². The highest BCUT2D eigenvalue weighted by atomic mass is 16.1. The summed E-state index contributed by atoms with van der Waals surface area (Å²) in [6.45, 7) is 5.01. The van der Waals surface area contributed by atoms with Crippen molar-refractivity contribution in [3.63, 3.8) is 0 Å². The average molecular weight is 208 g/mol. The van der Waals surface area contributed by atoms with Crippen molar-refractivity contribution >= 4 is 17.4 Å². The van der Waals surface area contributed by atoms with Gasteiger partial charge in [0.25, 0.3) is 0 Å². The SMILES string of the molecule is CCNc1cc(NCCC(C)=O)ncn1. The summed E-state index contributed by atoms with van der Waals surface area (Å²) in [6, 6.07) is 1.82. The van der Waals surface area contributed by atoms with E-state index < -0.39 is 0 Å². The molecule has 0 fully saturated rings. The topological polar surface area (TPSA) is 66.9 Å². The molecule has 0 aliphatic carbocycles. The van der Waals surface area contributed by atoms with Crippen molar-refractivity contribution in [1.82, 2.24) is 9.97 Å². The molecule has 2 N–H and O–H groups in total. The second-order valence-electron chi connectivity index (χ2n) is 3.20. The molecule has 0 saturated heterocycles. The lowest BCUT2D eigenvalue weighted by molar-refractivity contribution is -0.116. The zero-order chi connectivity index (χ0) is 11.1. The summed E-state index contributed by atoms with van der Waals surface area (Å²) in [4.78, 5) is 18.8. The van der Waals surface area contributed by atoms with Crippen LogP contribution >= 0.6 is 0 Å². The summed E-state index contributed by atoms with van der Waals surface area (Å²) in [7, 11) is 0. The number of rotatable bonds is 6. The predicted molar refractivity (Wildman–Crippen MR) is 60.0 cm³/mol. The van der Waals surface area contributed by atoms with Crippen LogP contribution in [-0.4, -0.2) is 28.8 Å². The molecule has 0 aliphatic heterocycles. The zero-order valence-electron chi connectivity index (χ0n) is 9.08. The van der Waals surface area contributed by atoms with Gasteiger partial charge in [0, 0.05) is 25.6 Å². The Morgan fingerprint density at radius 1 is 1.33 bits per heavy atom. The first-order valence-electron chi connectivity index (χ1n) is 5.01. The van der Waals surface area contributed by atoms with E-state index in [-0.39, 0.29) is 5.78 Å². The first-order chi connectivity index (χ1) is 7.22. The molecule has 5 nitrogen and oxygen atoms in total. The van der Waals surface area contributed by atoms with Crippen LogP contribution in [0.1, 0.15) is 20.3 Å². The van der Waals surface area contributed by atoms with Crippen LogP contribution in [0.15, 0.2) is 12.4 Å². The van der Waals surface area contributed by atoms with Crippen LogP contribution in [0.2, 0.25) is 0 Å². The summed E-state index contributed by atoms with van der Waals surface area (Å²) in [5, 5.41) is 6.15. The number of nitrogens with zero attached hydrogens (tertiary/aromatic N) is 2. The Kier molecular flexibility index (Phi) is 4.53. The molecule has 0 radical (unpaired) electrons. The minimum atomic E-state index is 0.170. The van der Waals surface area contributed by atoms with Gasteiger partial charge < -0.3 is 10.6 Å². The lowest BCUT2D eigenvalue weighted by atomic mass is 10.3. The van der Waals surface area contributed by atoms with Crippen LogP contribution in [0.3, 0.4) is 0 Å². The molecule has 0 amide bonds. The maximum absolute atomic E-state index is 10.7. The number of Topliss-reactive ketones (excluding diaryl/α,β-unsaturated/α-hetero) is 1. The number of carbonyl (C=O) groups excluding carboxylic acids is 1. The van der Waals surface area contributed by atoms with Crippen molar-refractivity contribution in [3.05, 3.63) is 12.4 Å². The molecular weight excluding hydrogens is 192 g/mol. The van der Waals surface area contributed by atoms with Crippen LogP contribution < -0.4 is 10.6 Å². The van der Waals surface area contributed by atoms with Crippen molar-refractivity contribution in [3.8, 4) is 0 Å². The smallest absolute Gasteiger partial charge is 0.131 e. The number of hydrogen-bond acceptors (Lipinski definition) is 5. The number of nitrogens with one attached hydrogen (secondary N) is 2. The van der Waals surface area contributed by atoms with Crippen LogP contribution in [-0.2, 0) is 4.79 Å².